The van der Waals surface area contributed by atoms with Gasteiger partial charge in [-0.25, -0.2) is 4.79 Å². The van der Waals surface area contributed by atoms with Crippen molar-refractivity contribution in [3.63, 3.8) is 0 Å². The van der Waals surface area contributed by atoms with Crippen molar-refractivity contribution >= 4 is 17.5 Å². The maximum Gasteiger partial charge on any atom is 0.506 e. The number of fused-ring (bicyclic) bond motifs is 2. The predicted octanol–water partition coefficient (Wildman–Crippen LogP) is 4.47. The van der Waals surface area contributed by atoms with Crippen molar-refractivity contribution in [2.75, 3.05) is 31.1 Å². The lowest BCUT2D eigenvalue weighted by Crippen LogP contribution is -2.39. The van der Waals surface area contributed by atoms with E-state index in [0.29, 0.717) is 0 Å². The van der Waals surface area contributed by atoms with Gasteiger partial charge in [0.05, 0.1) is 0 Å². The Balaban J connectivity index is 1.39. The molecule has 2 aromatic rings. The van der Waals surface area contributed by atoms with E-state index in [-0.39, 0.29) is 6.10 Å². The number of carbonyl (C=O) groups is 1. The molecule has 0 amide bonds. The lowest BCUT2D eigenvalue weighted by atomic mass is 10.0. The highest BCUT2D eigenvalue weighted by molar-refractivity contribution is 5.71. The molecule has 148 valence electrons. The summed E-state index contributed by atoms with van der Waals surface area (Å²) in [6.45, 7) is 3.83. The Labute approximate surface area is 166 Å². The Hall–Kier alpha value is -2.53. The van der Waals surface area contributed by atoms with Gasteiger partial charge in [-0.05, 0) is 61.9 Å². The number of rotatable bonds is 5. The Morgan fingerprint density at radius 3 is 2.07 bits per heavy atom. The molecule has 2 aliphatic rings. The quantitative estimate of drug-likeness (QED) is 0.776. The average molecular weight is 380 g/mol. The minimum absolute atomic E-state index is 0.141. The molecule has 0 spiro atoms. The fraction of sp³-hybridized carbons (Fsp3) is 0.435. The van der Waals surface area contributed by atoms with Gasteiger partial charge in [-0.1, -0.05) is 36.4 Å². The molecular weight excluding hydrogens is 352 g/mol. The molecule has 28 heavy (non-hydrogen) atoms. The second-order valence-corrected chi connectivity index (χ2v) is 7.69. The van der Waals surface area contributed by atoms with Crippen LogP contribution in [0.2, 0.25) is 0 Å². The zero-order valence-corrected chi connectivity index (χ0v) is 16.2. The van der Waals surface area contributed by atoms with Crippen LogP contribution in [-0.2, 0) is 17.6 Å². The number of carboxylic acid groups (broad SMARTS) is 1. The van der Waals surface area contributed by atoms with Crippen LogP contribution in [0.5, 0.6) is 0 Å². The second-order valence-electron chi connectivity index (χ2n) is 7.69. The molecule has 0 aliphatic carbocycles. The van der Waals surface area contributed by atoms with Gasteiger partial charge in [0.2, 0.25) is 0 Å². The third-order valence-electron chi connectivity index (χ3n) is 5.89. The van der Waals surface area contributed by atoms with E-state index in [1.54, 1.807) is 0 Å². The zero-order valence-electron chi connectivity index (χ0n) is 16.2. The van der Waals surface area contributed by atoms with Gasteiger partial charge in [0.1, 0.15) is 6.10 Å². The van der Waals surface area contributed by atoms with Crippen LogP contribution in [-0.4, -0.2) is 48.4 Å². The van der Waals surface area contributed by atoms with Crippen LogP contribution in [0.1, 0.15) is 30.4 Å². The van der Waals surface area contributed by atoms with Crippen LogP contribution >= 0.6 is 0 Å². The maximum atomic E-state index is 10.7. The minimum Gasteiger partial charge on any atom is -0.450 e. The number of piperidine rings is 1. The van der Waals surface area contributed by atoms with Gasteiger partial charge in [0, 0.05) is 31.0 Å². The molecule has 5 nitrogen and oxygen atoms in total. The highest BCUT2D eigenvalue weighted by atomic mass is 16.7. The number of nitrogens with zero attached hydrogens (tertiary/aromatic N) is 2. The Kier molecular flexibility index (Phi) is 5.81. The van der Waals surface area contributed by atoms with E-state index >= 15 is 0 Å². The Bertz CT molecular complexity index is 767. The normalized spacial score (nSPS) is 17.5. The molecule has 0 atom stereocenters. The second kappa shape index (κ2) is 8.65. The van der Waals surface area contributed by atoms with E-state index in [1.165, 1.54) is 22.5 Å². The lowest BCUT2D eigenvalue weighted by Gasteiger charge is -2.32. The predicted molar refractivity (Wildman–Crippen MR) is 110 cm³/mol. The van der Waals surface area contributed by atoms with Crippen LogP contribution in [0.3, 0.4) is 0 Å². The summed E-state index contributed by atoms with van der Waals surface area (Å²) in [5.74, 6) is 0. The van der Waals surface area contributed by atoms with Gasteiger partial charge in [0.15, 0.2) is 0 Å². The highest BCUT2D eigenvalue weighted by Gasteiger charge is 2.23. The smallest absolute Gasteiger partial charge is 0.450 e. The van der Waals surface area contributed by atoms with Gasteiger partial charge in [0.25, 0.3) is 0 Å². The molecule has 2 aliphatic heterocycles. The van der Waals surface area contributed by atoms with Crippen LogP contribution in [0.15, 0.2) is 48.5 Å². The molecule has 5 heteroatoms. The number of para-hydroxylation sites is 2. The van der Waals surface area contributed by atoms with Crippen LogP contribution in [0.25, 0.3) is 0 Å². The molecule has 4 rings (SSSR count). The molecule has 0 radical (unpaired) electrons. The van der Waals surface area contributed by atoms with Gasteiger partial charge in [-0.2, -0.15) is 0 Å². The van der Waals surface area contributed by atoms with Crippen molar-refractivity contribution in [3.05, 3.63) is 59.7 Å². The molecule has 1 saturated heterocycles. The first kappa shape index (κ1) is 18.8. The average Bonchev–Trinajstić information content (AvgIpc) is 2.86. The molecule has 1 N–H and O–H groups in total. The molecule has 2 heterocycles. The Morgan fingerprint density at radius 2 is 1.50 bits per heavy atom. The fourth-order valence-corrected chi connectivity index (χ4v) is 4.46. The van der Waals surface area contributed by atoms with Crippen molar-refractivity contribution in [3.8, 4) is 0 Å². The Morgan fingerprint density at radius 1 is 0.929 bits per heavy atom. The first-order valence-corrected chi connectivity index (χ1v) is 10.3. The molecule has 2 aromatic carbocycles. The van der Waals surface area contributed by atoms with Gasteiger partial charge in [-0.3, -0.25) is 0 Å². The van der Waals surface area contributed by atoms with E-state index in [0.717, 1.165) is 58.3 Å². The summed E-state index contributed by atoms with van der Waals surface area (Å²) in [5.41, 5.74) is 5.51. The minimum atomic E-state index is -1.16. The van der Waals surface area contributed by atoms with Crippen LogP contribution in [0.4, 0.5) is 16.2 Å². The first-order valence-electron chi connectivity index (χ1n) is 10.3. The van der Waals surface area contributed by atoms with Crippen LogP contribution < -0.4 is 4.90 Å². The van der Waals surface area contributed by atoms with Gasteiger partial charge < -0.3 is 19.6 Å². The molecule has 1 fully saturated rings. The topological polar surface area (TPSA) is 53.0 Å². The third kappa shape index (κ3) is 4.30. The summed E-state index contributed by atoms with van der Waals surface area (Å²) in [7, 11) is 0. The lowest BCUT2D eigenvalue weighted by molar-refractivity contribution is 0.0199. The van der Waals surface area contributed by atoms with Gasteiger partial charge >= 0.3 is 6.16 Å². The number of hydrogen-bond acceptors (Lipinski definition) is 4. The zero-order chi connectivity index (χ0) is 19.3. The molecule has 0 unspecified atom stereocenters. The monoisotopic (exact) mass is 380 g/mol. The van der Waals surface area contributed by atoms with Crippen molar-refractivity contribution in [1.82, 2.24) is 4.90 Å². The number of ether oxygens (including phenoxy) is 1. The fourth-order valence-electron chi connectivity index (χ4n) is 4.46. The summed E-state index contributed by atoms with van der Waals surface area (Å²) in [6.07, 6.45) is 3.54. The number of likely N-dealkylation sites (tertiary alicyclic amines) is 1. The van der Waals surface area contributed by atoms with Crippen molar-refractivity contribution < 1.29 is 14.6 Å². The molecule has 0 aromatic heterocycles. The number of hydrogen-bond donors (Lipinski definition) is 1. The summed E-state index contributed by atoms with van der Waals surface area (Å²) < 4.78 is 4.91. The standard InChI is InChI=1S/C23H28N2O3/c26-23(27)28-20-12-16-24(17-13-20)14-5-15-25-21-8-3-1-6-18(21)10-11-19-7-2-4-9-22(19)25/h1-4,6-9,20H,5,10-17H2,(H,26,27). The summed E-state index contributed by atoms with van der Waals surface area (Å²) >= 11 is 0. The number of benzene rings is 2. The third-order valence-corrected chi connectivity index (χ3v) is 5.89. The van der Waals surface area contributed by atoms with E-state index in [2.05, 4.69) is 58.3 Å². The van der Waals surface area contributed by atoms with Crippen molar-refractivity contribution in [1.29, 1.82) is 0 Å². The van der Waals surface area contributed by atoms with Crippen molar-refractivity contribution in [2.45, 2.75) is 38.2 Å². The summed E-state index contributed by atoms with van der Waals surface area (Å²) in [6, 6.07) is 17.5. The van der Waals surface area contributed by atoms with E-state index < -0.39 is 6.16 Å². The number of anilines is 2. The van der Waals surface area contributed by atoms with E-state index in [4.69, 9.17) is 9.84 Å². The molecule has 0 bridgehead atoms. The van der Waals surface area contributed by atoms with E-state index in [1.807, 2.05) is 0 Å². The summed E-state index contributed by atoms with van der Waals surface area (Å²) in [4.78, 5) is 15.6. The molecular formula is C23H28N2O3. The summed E-state index contributed by atoms with van der Waals surface area (Å²) in [5, 5.41) is 8.76. The van der Waals surface area contributed by atoms with E-state index in [9.17, 15) is 4.79 Å². The molecule has 0 saturated carbocycles. The number of aryl methyl sites for hydroxylation is 2. The highest BCUT2D eigenvalue weighted by Crippen LogP contribution is 2.35. The first-order chi connectivity index (χ1) is 13.7. The largest absolute Gasteiger partial charge is 0.506 e. The van der Waals surface area contributed by atoms with Crippen molar-refractivity contribution in [2.24, 2.45) is 0 Å². The maximum absolute atomic E-state index is 10.7. The van der Waals surface area contributed by atoms with Crippen LogP contribution in [0, 0.1) is 0 Å². The van der Waals surface area contributed by atoms with Gasteiger partial charge in [-0.15, -0.1) is 0 Å². The SMILES string of the molecule is O=C(O)OC1CCN(CCCN2c3ccccc3CCc3ccccc32)CC1.